The Morgan fingerprint density at radius 1 is 1.63 bits per heavy atom. The fraction of sp³-hybridized carbons (Fsp3) is 0.636. The van der Waals surface area contributed by atoms with Crippen LogP contribution in [0.3, 0.4) is 0 Å². The van der Waals surface area contributed by atoms with Gasteiger partial charge in [0.05, 0.1) is 23.5 Å². The molecular weight excluding hydrogens is 286 g/mol. The molecule has 1 aliphatic rings. The van der Waals surface area contributed by atoms with Crippen LogP contribution < -0.4 is 5.32 Å². The first kappa shape index (κ1) is 14.4. The molecule has 19 heavy (non-hydrogen) atoms. The van der Waals surface area contributed by atoms with Crippen LogP contribution in [-0.2, 0) is 21.4 Å². The van der Waals surface area contributed by atoms with Gasteiger partial charge in [-0.15, -0.1) is 11.3 Å². The highest BCUT2D eigenvalue weighted by molar-refractivity contribution is 7.89. The monoisotopic (exact) mass is 303 g/mol. The van der Waals surface area contributed by atoms with E-state index in [9.17, 15) is 13.2 Å². The molecule has 0 radical (unpaired) electrons. The number of sulfonamides is 1. The molecular formula is C11H17N3O3S2. The Morgan fingerprint density at radius 3 is 3.05 bits per heavy atom. The van der Waals surface area contributed by atoms with Gasteiger partial charge in [0.2, 0.25) is 15.9 Å². The van der Waals surface area contributed by atoms with Crippen molar-refractivity contribution >= 4 is 27.3 Å². The Balaban J connectivity index is 1.98. The summed E-state index contributed by atoms with van der Waals surface area (Å²) in [6.07, 6.45) is 1.32. The Bertz CT molecular complexity index is 527. The second-order valence-corrected chi connectivity index (χ2v) is 7.30. The predicted molar refractivity (Wildman–Crippen MR) is 73.1 cm³/mol. The number of rotatable bonds is 5. The molecule has 2 rings (SSSR count). The molecule has 8 heteroatoms. The normalized spacial score (nSPS) is 20.6. The number of nitrogens with one attached hydrogen (secondary N) is 1. The maximum Gasteiger partial charge on any atom is 0.238 e. The summed E-state index contributed by atoms with van der Waals surface area (Å²) >= 11 is 1.46. The molecule has 1 fully saturated rings. The number of nitrogens with zero attached hydrogens (tertiary/aromatic N) is 2. The summed E-state index contributed by atoms with van der Waals surface area (Å²) in [6, 6.07) is -0.566. The van der Waals surface area contributed by atoms with E-state index in [2.05, 4.69) is 10.3 Å². The van der Waals surface area contributed by atoms with Crippen LogP contribution in [0.2, 0.25) is 0 Å². The van der Waals surface area contributed by atoms with Gasteiger partial charge in [0.25, 0.3) is 0 Å². The van der Waals surface area contributed by atoms with Crippen molar-refractivity contribution in [3.05, 3.63) is 16.6 Å². The third kappa shape index (κ3) is 3.31. The number of amides is 1. The smallest absolute Gasteiger partial charge is 0.238 e. The first-order chi connectivity index (χ1) is 9.04. The van der Waals surface area contributed by atoms with Crippen LogP contribution in [0.1, 0.15) is 25.5 Å². The van der Waals surface area contributed by atoms with Crippen LogP contribution in [0, 0.1) is 0 Å². The zero-order valence-electron chi connectivity index (χ0n) is 10.7. The molecule has 1 aliphatic heterocycles. The van der Waals surface area contributed by atoms with Gasteiger partial charge in [0, 0.05) is 11.9 Å². The minimum absolute atomic E-state index is 0.0306. The van der Waals surface area contributed by atoms with Gasteiger partial charge in [0.1, 0.15) is 6.04 Å². The lowest BCUT2D eigenvalue weighted by molar-refractivity contribution is -0.124. The maximum absolute atomic E-state index is 12.1. The Morgan fingerprint density at radius 2 is 2.42 bits per heavy atom. The predicted octanol–water partition coefficient (Wildman–Crippen LogP) is 0.573. The van der Waals surface area contributed by atoms with Gasteiger partial charge in [-0.25, -0.2) is 13.4 Å². The molecule has 1 aromatic rings. The van der Waals surface area contributed by atoms with Gasteiger partial charge in [-0.05, 0) is 19.8 Å². The van der Waals surface area contributed by atoms with Gasteiger partial charge >= 0.3 is 0 Å². The number of carbonyl (C=O) groups is 1. The first-order valence-electron chi connectivity index (χ1n) is 6.19. The van der Waals surface area contributed by atoms with Crippen LogP contribution in [0.25, 0.3) is 0 Å². The quantitative estimate of drug-likeness (QED) is 0.862. The average molecular weight is 303 g/mol. The highest BCUT2D eigenvalue weighted by Gasteiger charge is 2.37. The largest absolute Gasteiger partial charge is 0.349 e. The summed E-state index contributed by atoms with van der Waals surface area (Å²) in [4.78, 5) is 16.1. The second kappa shape index (κ2) is 5.98. The SMILES string of the molecule is CCS(=O)(=O)N1CCCC1C(=O)NCc1cscn1. The van der Waals surface area contributed by atoms with Crippen LogP contribution in [0.4, 0.5) is 0 Å². The number of aromatic nitrogens is 1. The zero-order chi connectivity index (χ0) is 13.9. The van der Waals surface area contributed by atoms with Crippen molar-refractivity contribution in [2.75, 3.05) is 12.3 Å². The van der Waals surface area contributed by atoms with E-state index < -0.39 is 16.1 Å². The Labute approximate surface area is 116 Å². The number of hydrogen-bond donors (Lipinski definition) is 1. The first-order valence-corrected chi connectivity index (χ1v) is 8.74. The molecule has 1 atom stereocenters. The molecule has 1 aromatic heterocycles. The number of hydrogen-bond acceptors (Lipinski definition) is 5. The molecule has 0 spiro atoms. The van der Waals surface area contributed by atoms with Crippen LogP contribution >= 0.6 is 11.3 Å². The molecule has 0 aliphatic carbocycles. The summed E-state index contributed by atoms with van der Waals surface area (Å²) in [6.45, 7) is 2.38. The van der Waals surface area contributed by atoms with Crippen molar-refractivity contribution in [1.29, 1.82) is 0 Å². The third-order valence-corrected chi connectivity index (χ3v) is 5.67. The minimum Gasteiger partial charge on any atom is -0.349 e. The van der Waals surface area contributed by atoms with E-state index in [0.717, 1.165) is 12.1 Å². The highest BCUT2D eigenvalue weighted by atomic mass is 32.2. The zero-order valence-corrected chi connectivity index (χ0v) is 12.3. The highest BCUT2D eigenvalue weighted by Crippen LogP contribution is 2.21. The summed E-state index contributed by atoms with van der Waals surface area (Å²) in [5.74, 6) is -0.203. The average Bonchev–Trinajstić information content (AvgIpc) is 3.06. The van der Waals surface area contributed by atoms with Gasteiger partial charge in [-0.3, -0.25) is 4.79 Å². The van der Waals surface area contributed by atoms with Crippen molar-refractivity contribution < 1.29 is 13.2 Å². The van der Waals surface area contributed by atoms with E-state index in [1.165, 1.54) is 15.6 Å². The van der Waals surface area contributed by atoms with Crippen LogP contribution in [0.15, 0.2) is 10.9 Å². The Hall–Kier alpha value is -0.990. The lowest BCUT2D eigenvalue weighted by Gasteiger charge is -2.22. The van der Waals surface area contributed by atoms with E-state index in [4.69, 9.17) is 0 Å². The summed E-state index contributed by atoms with van der Waals surface area (Å²) in [7, 11) is -3.31. The molecule has 1 amide bonds. The molecule has 2 heterocycles. The molecule has 0 saturated carbocycles. The third-order valence-electron chi connectivity index (χ3n) is 3.16. The van der Waals surface area contributed by atoms with Gasteiger partial charge in [-0.1, -0.05) is 0 Å². The van der Waals surface area contributed by atoms with Crippen LogP contribution in [-0.4, -0.2) is 42.0 Å². The summed E-state index contributed by atoms with van der Waals surface area (Å²) in [5.41, 5.74) is 2.49. The topological polar surface area (TPSA) is 79.4 Å². The standard InChI is InChI=1S/C11H17N3O3S2/c1-2-19(16,17)14-5-3-4-10(14)11(15)12-6-9-7-18-8-13-9/h7-8,10H,2-6H2,1H3,(H,12,15). The molecule has 6 nitrogen and oxygen atoms in total. The number of thiazole rings is 1. The number of carbonyl (C=O) groups excluding carboxylic acids is 1. The van der Waals surface area contributed by atoms with Gasteiger partial charge in [-0.2, -0.15) is 4.31 Å². The van der Waals surface area contributed by atoms with Crippen LogP contribution in [0.5, 0.6) is 0 Å². The molecule has 106 valence electrons. The minimum atomic E-state index is -3.31. The Kier molecular flexibility index (Phi) is 4.54. The lowest BCUT2D eigenvalue weighted by atomic mass is 10.2. The van der Waals surface area contributed by atoms with E-state index in [0.29, 0.717) is 19.5 Å². The van der Waals surface area contributed by atoms with Crippen molar-refractivity contribution in [2.24, 2.45) is 0 Å². The van der Waals surface area contributed by atoms with Crippen molar-refractivity contribution in [3.63, 3.8) is 0 Å². The summed E-state index contributed by atoms with van der Waals surface area (Å²) < 4.78 is 25.1. The van der Waals surface area contributed by atoms with E-state index in [1.807, 2.05) is 5.38 Å². The lowest BCUT2D eigenvalue weighted by Crippen LogP contribution is -2.46. The molecule has 0 bridgehead atoms. The summed E-state index contributed by atoms with van der Waals surface area (Å²) in [5, 5.41) is 4.61. The van der Waals surface area contributed by atoms with E-state index in [-0.39, 0.29) is 11.7 Å². The van der Waals surface area contributed by atoms with Crippen molar-refractivity contribution in [3.8, 4) is 0 Å². The molecule has 1 unspecified atom stereocenters. The maximum atomic E-state index is 12.1. The molecule has 0 aromatic carbocycles. The molecule has 1 saturated heterocycles. The van der Waals surface area contributed by atoms with Crippen molar-refractivity contribution in [2.45, 2.75) is 32.4 Å². The van der Waals surface area contributed by atoms with Gasteiger partial charge in [0.15, 0.2) is 0 Å². The fourth-order valence-corrected chi connectivity index (χ4v) is 4.01. The van der Waals surface area contributed by atoms with Crippen molar-refractivity contribution in [1.82, 2.24) is 14.6 Å². The van der Waals surface area contributed by atoms with E-state index in [1.54, 1.807) is 12.4 Å². The van der Waals surface area contributed by atoms with Gasteiger partial charge < -0.3 is 5.32 Å². The second-order valence-electron chi connectivity index (χ2n) is 4.37. The molecule has 1 N–H and O–H groups in total. The van der Waals surface area contributed by atoms with E-state index >= 15 is 0 Å². The fourth-order valence-electron chi connectivity index (χ4n) is 2.12.